The average molecular weight is 316 g/mol. The molecule has 116 valence electrons. The maximum Gasteiger partial charge on any atom is 0.264 e. The third-order valence-electron chi connectivity index (χ3n) is 4.59. The minimum absolute atomic E-state index is 0.0737. The molecule has 2 aromatic rings. The molecule has 0 N–H and O–H groups in total. The Kier molecular flexibility index (Phi) is 3.70. The molecule has 2 aromatic heterocycles. The number of nitrogens with zero attached hydrogens (tertiary/aromatic N) is 4. The number of piperidine rings is 1. The number of likely N-dealkylation sites (tertiary alicyclic amines) is 1. The number of thiophene rings is 1. The minimum atomic E-state index is 0.0737. The van der Waals surface area contributed by atoms with E-state index in [1.54, 1.807) is 0 Å². The summed E-state index contributed by atoms with van der Waals surface area (Å²) in [6.07, 6.45) is 7.65. The molecule has 3 heterocycles. The first-order chi connectivity index (χ1) is 10.8. The molecule has 4 rings (SSSR count). The van der Waals surface area contributed by atoms with Gasteiger partial charge >= 0.3 is 0 Å². The summed E-state index contributed by atoms with van der Waals surface area (Å²) in [6, 6.07) is 3.92. The van der Waals surface area contributed by atoms with Gasteiger partial charge in [-0.15, -0.1) is 21.5 Å². The molecule has 1 unspecified atom stereocenters. The maximum absolute atomic E-state index is 12.8. The van der Waals surface area contributed by atoms with Gasteiger partial charge in [0.25, 0.3) is 5.91 Å². The summed E-state index contributed by atoms with van der Waals surface area (Å²) in [7, 11) is 0. The smallest absolute Gasteiger partial charge is 0.264 e. The molecule has 1 saturated heterocycles. The minimum Gasteiger partial charge on any atom is -0.328 e. The van der Waals surface area contributed by atoms with Gasteiger partial charge in [-0.1, -0.05) is 6.07 Å². The van der Waals surface area contributed by atoms with Gasteiger partial charge in [0.2, 0.25) is 0 Å². The van der Waals surface area contributed by atoms with Crippen molar-refractivity contribution in [1.82, 2.24) is 19.7 Å². The van der Waals surface area contributed by atoms with Gasteiger partial charge in [0.1, 0.15) is 6.33 Å². The van der Waals surface area contributed by atoms with E-state index in [1.807, 2.05) is 28.7 Å². The summed E-state index contributed by atoms with van der Waals surface area (Å²) in [5.74, 6) is 1.89. The summed E-state index contributed by atoms with van der Waals surface area (Å²) >= 11 is 1.51. The van der Waals surface area contributed by atoms with Crippen molar-refractivity contribution in [2.24, 2.45) is 5.92 Å². The third kappa shape index (κ3) is 2.67. The zero-order valence-corrected chi connectivity index (χ0v) is 13.3. The zero-order chi connectivity index (χ0) is 14.9. The number of rotatable bonds is 4. The Morgan fingerprint density at radius 1 is 1.32 bits per heavy atom. The SMILES string of the molecule is O=C(c1cccs1)N1CCCCC1c1nncn1CC1CC1. The molecule has 1 amide bonds. The van der Waals surface area contributed by atoms with Crippen molar-refractivity contribution in [2.45, 2.75) is 44.7 Å². The van der Waals surface area contributed by atoms with Crippen LogP contribution in [0.2, 0.25) is 0 Å². The van der Waals surface area contributed by atoms with E-state index in [9.17, 15) is 4.79 Å². The van der Waals surface area contributed by atoms with E-state index >= 15 is 0 Å². The number of aromatic nitrogens is 3. The van der Waals surface area contributed by atoms with E-state index in [2.05, 4.69) is 14.8 Å². The van der Waals surface area contributed by atoms with Crippen LogP contribution in [0.15, 0.2) is 23.8 Å². The molecule has 1 atom stereocenters. The van der Waals surface area contributed by atoms with Gasteiger partial charge in [-0.3, -0.25) is 4.79 Å². The van der Waals surface area contributed by atoms with Crippen LogP contribution in [0, 0.1) is 5.92 Å². The normalized spacial score (nSPS) is 22.0. The van der Waals surface area contributed by atoms with Crippen LogP contribution in [0.25, 0.3) is 0 Å². The lowest BCUT2D eigenvalue weighted by Gasteiger charge is -2.35. The van der Waals surface area contributed by atoms with Crippen LogP contribution in [0.5, 0.6) is 0 Å². The molecular weight excluding hydrogens is 296 g/mol. The average Bonchev–Trinajstić information content (AvgIpc) is 3.03. The first-order valence-electron chi connectivity index (χ1n) is 8.05. The molecule has 2 fully saturated rings. The van der Waals surface area contributed by atoms with Crippen molar-refractivity contribution in [2.75, 3.05) is 6.54 Å². The second-order valence-electron chi connectivity index (χ2n) is 6.27. The van der Waals surface area contributed by atoms with Gasteiger partial charge in [-0.05, 0) is 49.5 Å². The van der Waals surface area contributed by atoms with Crippen LogP contribution in [-0.4, -0.2) is 32.1 Å². The fourth-order valence-corrected chi connectivity index (χ4v) is 3.91. The molecule has 0 bridgehead atoms. The molecule has 0 radical (unpaired) electrons. The van der Waals surface area contributed by atoms with E-state index in [0.29, 0.717) is 0 Å². The summed E-state index contributed by atoms with van der Waals surface area (Å²) in [6.45, 7) is 1.82. The summed E-state index contributed by atoms with van der Waals surface area (Å²) in [5.41, 5.74) is 0. The largest absolute Gasteiger partial charge is 0.328 e. The van der Waals surface area contributed by atoms with E-state index in [0.717, 1.165) is 49.0 Å². The Morgan fingerprint density at radius 2 is 2.23 bits per heavy atom. The van der Waals surface area contributed by atoms with Crippen molar-refractivity contribution in [3.05, 3.63) is 34.5 Å². The lowest BCUT2D eigenvalue weighted by atomic mass is 10.0. The number of hydrogen-bond acceptors (Lipinski definition) is 4. The van der Waals surface area contributed by atoms with Gasteiger partial charge in [0, 0.05) is 13.1 Å². The third-order valence-corrected chi connectivity index (χ3v) is 5.45. The van der Waals surface area contributed by atoms with Crippen LogP contribution < -0.4 is 0 Å². The highest BCUT2D eigenvalue weighted by Crippen LogP contribution is 2.35. The highest BCUT2D eigenvalue weighted by Gasteiger charge is 2.33. The summed E-state index contributed by atoms with van der Waals surface area (Å²) in [5, 5.41) is 10.4. The fourth-order valence-electron chi connectivity index (χ4n) is 3.23. The molecule has 22 heavy (non-hydrogen) atoms. The molecule has 1 aliphatic carbocycles. The zero-order valence-electron chi connectivity index (χ0n) is 12.5. The van der Waals surface area contributed by atoms with Crippen LogP contribution in [0.3, 0.4) is 0 Å². The maximum atomic E-state index is 12.8. The van der Waals surface area contributed by atoms with Crippen molar-refractivity contribution in [1.29, 1.82) is 0 Å². The standard InChI is InChI=1S/C16H20N4OS/c21-16(14-5-3-9-22-14)20-8-2-1-4-13(20)15-18-17-11-19(15)10-12-6-7-12/h3,5,9,11-13H,1-2,4,6-8,10H2. The second kappa shape index (κ2) is 5.83. The molecule has 2 aliphatic rings. The van der Waals surface area contributed by atoms with Crippen molar-refractivity contribution >= 4 is 17.2 Å². The predicted octanol–water partition coefficient (Wildman–Crippen LogP) is 3.12. The van der Waals surface area contributed by atoms with Crippen LogP contribution in [0.4, 0.5) is 0 Å². The Bertz CT molecular complexity index is 647. The molecule has 1 aliphatic heterocycles. The second-order valence-corrected chi connectivity index (χ2v) is 7.22. The van der Waals surface area contributed by atoms with Gasteiger partial charge in [-0.2, -0.15) is 0 Å². The highest BCUT2D eigenvalue weighted by atomic mass is 32.1. The Labute approximate surface area is 134 Å². The van der Waals surface area contributed by atoms with Crippen LogP contribution in [-0.2, 0) is 6.54 Å². The van der Waals surface area contributed by atoms with Crippen molar-refractivity contribution < 1.29 is 4.79 Å². The first kappa shape index (κ1) is 13.9. The number of hydrogen-bond donors (Lipinski definition) is 0. The fraction of sp³-hybridized carbons (Fsp3) is 0.562. The first-order valence-corrected chi connectivity index (χ1v) is 8.93. The van der Waals surface area contributed by atoms with Gasteiger partial charge in [0.15, 0.2) is 5.82 Å². The molecule has 6 heteroatoms. The topological polar surface area (TPSA) is 51.0 Å². The van der Waals surface area contributed by atoms with Gasteiger partial charge in [0.05, 0.1) is 10.9 Å². The van der Waals surface area contributed by atoms with Crippen molar-refractivity contribution in [3.8, 4) is 0 Å². The van der Waals surface area contributed by atoms with E-state index in [-0.39, 0.29) is 11.9 Å². The number of carbonyl (C=O) groups excluding carboxylic acids is 1. The quantitative estimate of drug-likeness (QED) is 0.871. The lowest BCUT2D eigenvalue weighted by Crippen LogP contribution is -2.39. The number of amides is 1. The monoisotopic (exact) mass is 316 g/mol. The van der Waals surface area contributed by atoms with Gasteiger partial charge in [-0.25, -0.2) is 0 Å². The summed E-state index contributed by atoms with van der Waals surface area (Å²) < 4.78 is 2.17. The Balaban J connectivity index is 1.60. The van der Waals surface area contributed by atoms with E-state index in [4.69, 9.17) is 0 Å². The molecular formula is C16H20N4OS. The molecule has 1 saturated carbocycles. The highest BCUT2D eigenvalue weighted by molar-refractivity contribution is 7.12. The van der Waals surface area contributed by atoms with E-state index < -0.39 is 0 Å². The number of carbonyl (C=O) groups is 1. The lowest BCUT2D eigenvalue weighted by molar-refractivity contribution is 0.0599. The van der Waals surface area contributed by atoms with Crippen LogP contribution >= 0.6 is 11.3 Å². The van der Waals surface area contributed by atoms with Crippen molar-refractivity contribution in [3.63, 3.8) is 0 Å². The molecule has 0 aromatic carbocycles. The summed E-state index contributed by atoms with van der Waals surface area (Å²) in [4.78, 5) is 15.6. The Hall–Kier alpha value is -1.69. The van der Waals surface area contributed by atoms with E-state index in [1.165, 1.54) is 24.2 Å². The molecule has 0 spiro atoms. The van der Waals surface area contributed by atoms with Crippen LogP contribution in [0.1, 0.15) is 53.6 Å². The molecule has 5 nitrogen and oxygen atoms in total. The predicted molar refractivity (Wildman–Crippen MR) is 84.7 cm³/mol. The Morgan fingerprint density at radius 3 is 3.00 bits per heavy atom. The van der Waals surface area contributed by atoms with Gasteiger partial charge < -0.3 is 9.47 Å².